The number of sulfonamides is 1. The van der Waals surface area contributed by atoms with Crippen molar-refractivity contribution in [2.24, 2.45) is 0 Å². The van der Waals surface area contributed by atoms with E-state index in [2.05, 4.69) is 22.1 Å². The van der Waals surface area contributed by atoms with Gasteiger partial charge in [-0.25, -0.2) is 13.1 Å². The van der Waals surface area contributed by atoms with Crippen molar-refractivity contribution in [1.82, 2.24) is 19.8 Å². The zero-order valence-electron chi connectivity index (χ0n) is 11.7. The van der Waals surface area contributed by atoms with E-state index in [-0.39, 0.29) is 10.9 Å². The van der Waals surface area contributed by atoms with Crippen molar-refractivity contribution in [2.75, 3.05) is 26.3 Å². The van der Waals surface area contributed by atoms with Crippen molar-refractivity contribution in [3.8, 4) is 0 Å². The zero-order valence-corrected chi connectivity index (χ0v) is 12.5. The molecule has 2 N–H and O–H groups in total. The Morgan fingerprint density at radius 2 is 2.35 bits per heavy atom. The average Bonchev–Trinajstić information content (AvgIpc) is 3.05. The van der Waals surface area contributed by atoms with Gasteiger partial charge in [-0.05, 0) is 19.4 Å². The van der Waals surface area contributed by atoms with Gasteiger partial charge in [0.15, 0.2) is 0 Å². The van der Waals surface area contributed by atoms with E-state index < -0.39 is 10.0 Å². The Hall–Kier alpha value is -0.960. The van der Waals surface area contributed by atoms with Crippen LogP contribution in [0.3, 0.4) is 0 Å². The molecule has 1 aromatic rings. The molecule has 1 aliphatic rings. The zero-order chi connectivity index (χ0) is 14.4. The van der Waals surface area contributed by atoms with Gasteiger partial charge in [0.25, 0.3) is 0 Å². The van der Waals surface area contributed by atoms with Gasteiger partial charge in [0.1, 0.15) is 4.90 Å². The van der Waals surface area contributed by atoms with Gasteiger partial charge in [0.2, 0.25) is 10.0 Å². The Bertz CT molecular complexity index is 509. The smallest absolute Gasteiger partial charge is 0.244 e. The van der Waals surface area contributed by atoms with Crippen molar-refractivity contribution < 1.29 is 13.2 Å². The SMILES string of the molecule is CCCNCCn1cc(S(=O)(=O)NC2CCOC2)cn1. The topological polar surface area (TPSA) is 85.2 Å². The lowest BCUT2D eigenvalue weighted by Gasteiger charge is -2.09. The maximum absolute atomic E-state index is 12.1. The summed E-state index contributed by atoms with van der Waals surface area (Å²) in [6, 6.07) is -0.130. The molecule has 0 radical (unpaired) electrons. The molecule has 2 rings (SSSR count). The first kappa shape index (κ1) is 15.4. The van der Waals surface area contributed by atoms with Crippen molar-refractivity contribution in [3.63, 3.8) is 0 Å². The highest BCUT2D eigenvalue weighted by Gasteiger charge is 2.24. The van der Waals surface area contributed by atoms with E-state index in [4.69, 9.17) is 4.74 Å². The summed E-state index contributed by atoms with van der Waals surface area (Å²) in [5.41, 5.74) is 0. The Balaban J connectivity index is 1.89. The quantitative estimate of drug-likeness (QED) is 0.658. The van der Waals surface area contributed by atoms with Crippen LogP contribution in [-0.2, 0) is 21.3 Å². The largest absolute Gasteiger partial charge is 0.380 e. The minimum atomic E-state index is -3.49. The molecule has 0 bridgehead atoms. The number of nitrogens with zero attached hydrogens (tertiary/aromatic N) is 2. The average molecular weight is 302 g/mol. The molecule has 1 aromatic heterocycles. The van der Waals surface area contributed by atoms with Crippen molar-refractivity contribution >= 4 is 10.0 Å². The second-order valence-corrected chi connectivity index (χ2v) is 6.58. The van der Waals surface area contributed by atoms with E-state index in [1.165, 1.54) is 6.20 Å². The van der Waals surface area contributed by atoms with Crippen molar-refractivity contribution in [2.45, 2.75) is 37.2 Å². The molecule has 8 heteroatoms. The summed E-state index contributed by atoms with van der Waals surface area (Å²) in [6.07, 6.45) is 4.74. The van der Waals surface area contributed by atoms with E-state index in [1.807, 2.05) is 0 Å². The van der Waals surface area contributed by atoms with E-state index in [1.54, 1.807) is 10.9 Å². The maximum Gasteiger partial charge on any atom is 0.244 e. The third-order valence-electron chi connectivity index (χ3n) is 3.12. The van der Waals surface area contributed by atoms with Gasteiger partial charge in [-0.1, -0.05) is 6.92 Å². The monoisotopic (exact) mass is 302 g/mol. The van der Waals surface area contributed by atoms with E-state index in [0.29, 0.717) is 26.2 Å². The van der Waals surface area contributed by atoms with E-state index in [0.717, 1.165) is 19.5 Å². The highest BCUT2D eigenvalue weighted by Crippen LogP contribution is 2.11. The van der Waals surface area contributed by atoms with Gasteiger partial charge in [-0.2, -0.15) is 5.10 Å². The number of nitrogens with one attached hydrogen (secondary N) is 2. The number of hydrogen-bond donors (Lipinski definition) is 2. The standard InChI is InChI=1S/C12H22N4O3S/c1-2-4-13-5-6-16-9-12(8-14-16)20(17,18)15-11-3-7-19-10-11/h8-9,11,13,15H,2-7,10H2,1H3. The summed E-state index contributed by atoms with van der Waals surface area (Å²) in [4.78, 5) is 0.208. The van der Waals surface area contributed by atoms with Gasteiger partial charge in [0.05, 0.1) is 19.3 Å². The van der Waals surface area contributed by atoms with Crippen LogP contribution in [0, 0.1) is 0 Å². The van der Waals surface area contributed by atoms with Crippen LogP contribution in [0.1, 0.15) is 19.8 Å². The molecule has 0 aromatic carbocycles. The highest BCUT2D eigenvalue weighted by atomic mass is 32.2. The Morgan fingerprint density at radius 1 is 1.50 bits per heavy atom. The fourth-order valence-corrected chi connectivity index (χ4v) is 3.22. The third kappa shape index (κ3) is 4.27. The lowest BCUT2D eigenvalue weighted by Crippen LogP contribution is -2.34. The molecule has 0 spiro atoms. The first-order valence-electron chi connectivity index (χ1n) is 6.95. The molecular formula is C12H22N4O3S. The normalized spacial score (nSPS) is 19.6. The molecule has 1 fully saturated rings. The second kappa shape index (κ2) is 7.16. The van der Waals surface area contributed by atoms with Crippen LogP contribution >= 0.6 is 0 Å². The van der Waals surface area contributed by atoms with Crippen LogP contribution in [0.2, 0.25) is 0 Å². The summed E-state index contributed by atoms with van der Waals surface area (Å²) < 4.78 is 33.7. The number of ether oxygens (including phenoxy) is 1. The summed E-state index contributed by atoms with van der Waals surface area (Å²) in [5, 5.41) is 7.33. The molecule has 1 unspecified atom stereocenters. The molecule has 20 heavy (non-hydrogen) atoms. The summed E-state index contributed by atoms with van der Waals surface area (Å²) >= 11 is 0. The number of hydrogen-bond acceptors (Lipinski definition) is 5. The van der Waals surface area contributed by atoms with Gasteiger partial charge in [0, 0.05) is 25.4 Å². The molecule has 0 amide bonds. The Morgan fingerprint density at radius 3 is 3.05 bits per heavy atom. The lowest BCUT2D eigenvalue weighted by atomic mass is 10.3. The summed E-state index contributed by atoms with van der Waals surface area (Å²) in [7, 11) is -3.49. The van der Waals surface area contributed by atoms with Gasteiger partial charge in [-0.15, -0.1) is 0 Å². The first-order chi connectivity index (χ1) is 9.62. The Labute approximate surface area is 119 Å². The Kier molecular flexibility index (Phi) is 5.53. The molecule has 0 saturated carbocycles. The molecule has 1 atom stereocenters. The van der Waals surface area contributed by atoms with Crippen LogP contribution in [-0.4, -0.2) is 50.5 Å². The predicted octanol–water partition coefficient (Wildman–Crippen LogP) is -0.0501. The minimum absolute atomic E-state index is 0.130. The fraction of sp³-hybridized carbons (Fsp3) is 0.750. The van der Waals surface area contributed by atoms with E-state index >= 15 is 0 Å². The minimum Gasteiger partial charge on any atom is -0.380 e. The molecular weight excluding hydrogens is 280 g/mol. The molecule has 2 heterocycles. The lowest BCUT2D eigenvalue weighted by molar-refractivity contribution is 0.192. The summed E-state index contributed by atoms with van der Waals surface area (Å²) in [6.45, 7) is 5.53. The number of aromatic nitrogens is 2. The van der Waals surface area contributed by atoms with Crippen LogP contribution in [0.25, 0.3) is 0 Å². The van der Waals surface area contributed by atoms with Crippen molar-refractivity contribution in [3.05, 3.63) is 12.4 Å². The fourth-order valence-electron chi connectivity index (χ4n) is 2.02. The van der Waals surface area contributed by atoms with Crippen LogP contribution in [0.15, 0.2) is 17.3 Å². The van der Waals surface area contributed by atoms with Crippen LogP contribution in [0.5, 0.6) is 0 Å². The molecule has 1 aliphatic heterocycles. The number of rotatable bonds is 8. The molecule has 114 valence electrons. The molecule has 1 saturated heterocycles. The van der Waals surface area contributed by atoms with Gasteiger partial charge in [-0.3, -0.25) is 4.68 Å². The van der Waals surface area contributed by atoms with Crippen LogP contribution in [0.4, 0.5) is 0 Å². The van der Waals surface area contributed by atoms with E-state index in [9.17, 15) is 8.42 Å². The van der Waals surface area contributed by atoms with Crippen molar-refractivity contribution in [1.29, 1.82) is 0 Å². The van der Waals surface area contributed by atoms with Crippen LogP contribution < -0.4 is 10.0 Å². The van der Waals surface area contributed by atoms with Gasteiger partial charge >= 0.3 is 0 Å². The first-order valence-corrected chi connectivity index (χ1v) is 8.43. The second-order valence-electron chi connectivity index (χ2n) is 4.87. The van der Waals surface area contributed by atoms with Gasteiger partial charge < -0.3 is 10.1 Å². The molecule has 7 nitrogen and oxygen atoms in total. The summed E-state index contributed by atoms with van der Waals surface area (Å²) in [5.74, 6) is 0. The highest BCUT2D eigenvalue weighted by molar-refractivity contribution is 7.89. The predicted molar refractivity (Wildman–Crippen MR) is 74.9 cm³/mol. The molecule has 0 aliphatic carbocycles. The maximum atomic E-state index is 12.1. The third-order valence-corrected chi connectivity index (χ3v) is 4.59.